The second-order valence-corrected chi connectivity index (χ2v) is 11.6. The maximum atomic E-state index is 14.1. The van der Waals surface area contributed by atoms with E-state index in [4.69, 9.17) is 9.47 Å². The van der Waals surface area contributed by atoms with Crippen LogP contribution in [-0.2, 0) is 9.53 Å². The van der Waals surface area contributed by atoms with E-state index in [0.29, 0.717) is 18.6 Å². The van der Waals surface area contributed by atoms with Gasteiger partial charge in [-0.1, -0.05) is 6.92 Å². The molecule has 2 heterocycles. The number of amides is 3. The minimum atomic E-state index is -4.48. The van der Waals surface area contributed by atoms with Crippen LogP contribution in [-0.4, -0.2) is 95.4 Å². The third-order valence-electron chi connectivity index (χ3n) is 7.70. The van der Waals surface area contributed by atoms with Gasteiger partial charge in [0.1, 0.15) is 5.75 Å². The van der Waals surface area contributed by atoms with Gasteiger partial charge < -0.3 is 29.7 Å². The van der Waals surface area contributed by atoms with Crippen molar-refractivity contribution in [3.63, 3.8) is 0 Å². The Morgan fingerprint density at radius 2 is 1.89 bits per heavy atom. The number of rotatable bonds is 8. The molecule has 1 aromatic carbocycles. The number of fused-ring (bicyclic) bond motifs is 1. The van der Waals surface area contributed by atoms with Gasteiger partial charge in [-0.05, 0) is 63.4 Å². The van der Waals surface area contributed by atoms with E-state index < -0.39 is 43.0 Å². The zero-order valence-electron chi connectivity index (χ0n) is 26.2. The first-order valence-corrected chi connectivity index (χ1v) is 15.1. The van der Waals surface area contributed by atoms with Crippen LogP contribution >= 0.6 is 0 Å². The molecule has 13 heteroatoms. The van der Waals surface area contributed by atoms with Crippen LogP contribution in [0.1, 0.15) is 73.6 Å². The smallest absolute Gasteiger partial charge is 0.389 e. The number of aromatic nitrogens is 1. The van der Waals surface area contributed by atoms with E-state index in [-0.39, 0.29) is 54.6 Å². The summed E-state index contributed by atoms with van der Waals surface area (Å²) in [7, 11) is 1.68. The van der Waals surface area contributed by atoms with Crippen LogP contribution in [0, 0.1) is 5.92 Å². The van der Waals surface area contributed by atoms with Gasteiger partial charge in [-0.15, -0.1) is 0 Å². The van der Waals surface area contributed by atoms with Crippen LogP contribution < -0.4 is 10.1 Å². The Bertz CT molecular complexity index is 1280. The molecule has 0 aliphatic carbocycles. The Morgan fingerprint density at radius 1 is 1.18 bits per heavy atom. The molecular formula is C32H43F3N4O6. The summed E-state index contributed by atoms with van der Waals surface area (Å²) in [6.07, 6.45) is -1.97. The van der Waals surface area contributed by atoms with Crippen LogP contribution in [0.5, 0.6) is 5.75 Å². The van der Waals surface area contributed by atoms with E-state index in [9.17, 15) is 32.7 Å². The molecule has 0 spiro atoms. The molecule has 4 atom stereocenters. The van der Waals surface area contributed by atoms with E-state index >= 15 is 0 Å². The Labute approximate surface area is 261 Å². The first-order valence-electron chi connectivity index (χ1n) is 15.1. The number of halogens is 3. The Morgan fingerprint density at radius 3 is 2.56 bits per heavy atom. The highest BCUT2D eigenvalue weighted by Crippen LogP contribution is 2.29. The lowest BCUT2D eigenvalue weighted by Gasteiger charge is -2.36. The second-order valence-electron chi connectivity index (χ2n) is 11.6. The summed E-state index contributed by atoms with van der Waals surface area (Å²) < 4.78 is 50.3. The van der Waals surface area contributed by atoms with Crippen molar-refractivity contribution in [2.24, 2.45) is 5.92 Å². The van der Waals surface area contributed by atoms with E-state index in [0.717, 1.165) is 12.8 Å². The summed E-state index contributed by atoms with van der Waals surface area (Å²) in [5.41, 5.74) is 0.731. The van der Waals surface area contributed by atoms with Crippen LogP contribution in [0.25, 0.3) is 0 Å². The molecule has 1 aliphatic heterocycles. The molecule has 1 aromatic heterocycles. The largest absolute Gasteiger partial charge is 0.490 e. The number of nitrogens with one attached hydrogen (secondary N) is 1. The van der Waals surface area contributed by atoms with Crippen molar-refractivity contribution in [1.82, 2.24) is 14.8 Å². The Kier molecular flexibility index (Phi) is 13.2. The van der Waals surface area contributed by atoms with Gasteiger partial charge in [0.2, 0.25) is 5.91 Å². The molecule has 2 N–H and O–H groups in total. The SMILES string of the molecule is C[C@@H]1CCCCO[C@@H](CN(C)C(=O)c2ccncc2)[C@@H](C)CN([C@H](C)CO)C(=O)c2cc(NC(=O)CCC(F)(F)F)ccc2O1. The molecule has 0 saturated carbocycles. The molecular weight excluding hydrogens is 593 g/mol. The third-order valence-corrected chi connectivity index (χ3v) is 7.70. The normalized spacial score (nSPS) is 20.8. The van der Waals surface area contributed by atoms with Gasteiger partial charge >= 0.3 is 6.18 Å². The van der Waals surface area contributed by atoms with Gasteiger partial charge in [0.15, 0.2) is 0 Å². The predicted octanol–water partition coefficient (Wildman–Crippen LogP) is 4.93. The number of benzene rings is 1. The fourth-order valence-corrected chi connectivity index (χ4v) is 5.01. The monoisotopic (exact) mass is 636 g/mol. The highest BCUT2D eigenvalue weighted by molar-refractivity contribution is 5.99. The molecule has 0 radical (unpaired) electrons. The molecule has 248 valence electrons. The zero-order chi connectivity index (χ0) is 33.1. The number of likely N-dealkylation sites (N-methyl/N-ethyl adjacent to an activating group) is 1. The van der Waals surface area contributed by atoms with Crippen molar-refractivity contribution in [3.05, 3.63) is 53.9 Å². The van der Waals surface area contributed by atoms with Crippen LogP contribution in [0.15, 0.2) is 42.7 Å². The number of aliphatic hydroxyl groups is 1. The summed E-state index contributed by atoms with van der Waals surface area (Å²) in [6, 6.07) is 7.03. The average molecular weight is 637 g/mol. The maximum absolute atomic E-state index is 14.1. The fourth-order valence-electron chi connectivity index (χ4n) is 5.01. The number of aliphatic hydroxyl groups excluding tert-OH is 1. The lowest BCUT2D eigenvalue weighted by atomic mass is 10.0. The summed E-state index contributed by atoms with van der Waals surface area (Å²) in [5, 5.41) is 12.5. The van der Waals surface area contributed by atoms with E-state index in [2.05, 4.69) is 10.3 Å². The maximum Gasteiger partial charge on any atom is 0.389 e. The van der Waals surface area contributed by atoms with Crippen LogP contribution in [0.4, 0.5) is 18.9 Å². The molecule has 10 nitrogen and oxygen atoms in total. The topological polar surface area (TPSA) is 121 Å². The summed E-state index contributed by atoms with van der Waals surface area (Å²) >= 11 is 0. The molecule has 0 bridgehead atoms. The van der Waals surface area contributed by atoms with Crippen molar-refractivity contribution in [2.75, 3.05) is 38.7 Å². The number of carbonyl (C=O) groups is 3. The molecule has 0 unspecified atom stereocenters. The molecule has 2 aromatic rings. The van der Waals surface area contributed by atoms with Gasteiger partial charge in [0, 0.05) is 62.7 Å². The summed E-state index contributed by atoms with van der Waals surface area (Å²) in [5.74, 6) is -1.55. The lowest BCUT2D eigenvalue weighted by Crippen LogP contribution is -2.48. The number of pyridine rings is 1. The number of hydrogen-bond donors (Lipinski definition) is 2. The number of hydrogen-bond acceptors (Lipinski definition) is 7. The fraction of sp³-hybridized carbons (Fsp3) is 0.562. The van der Waals surface area contributed by atoms with Gasteiger partial charge in [0.25, 0.3) is 11.8 Å². The van der Waals surface area contributed by atoms with Crippen LogP contribution in [0.2, 0.25) is 0 Å². The highest BCUT2D eigenvalue weighted by atomic mass is 19.4. The lowest BCUT2D eigenvalue weighted by molar-refractivity contribution is -0.142. The van der Waals surface area contributed by atoms with Gasteiger partial charge in [0.05, 0.1) is 36.8 Å². The first-order chi connectivity index (χ1) is 21.3. The van der Waals surface area contributed by atoms with Crippen molar-refractivity contribution in [3.8, 4) is 5.75 Å². The third kappa shape index (κ3) is 11.0. The predicted molar refractivity (Wildman–Crippen MR) is 162 cm³/mol. The average Bonchev–Trinajstić information content (AvgIpc) is 3.01. The number of ether oxygens (including phenoxy) is 2. The Hall–Kier alpha value is -3.71. The van der Waals surface area contributed by atoms with E-state index in [1.807, 2.05) is 13.8 Å². The van der Waals surface area contributed by atoms with Crippen molar-refractivity contribution >= 4 is 23.4 Å². The molecule has 0 fully saturated rings. The molecule has 3 amide bonds. The minimum Gasteiger partial charge on any atom is -0.490 e. The van der Waals surface area contributed by atoms with E-state index in [1.165, 1.54) is 23.1 Å². The van der Waals surface area contributed by atoms with E-state index in [1.54, 1.807) is 43.4 Å². The summed E-state index contributed by atoms with van der Waals surface area (Å²) in [4.78, 5) is 46.5. The molecule has 3 rings (SSSR count). The highest BCUT2D eigenvalue weighted by Gasteiger charge is 2.32. The van der Waals surface area contributed by atoms with Crippen molar-refractivity contribution in [2.45, 2.75) is 77.3 Å². The number of nitrogens with zero attached hydrogens (tertiary/aromatic N) is 3. The molecule has 1 aliphatic rings. The van der Waals surface area contributed by atoms with Crippen molar-refractivity contribution < 1.29 is 42.1 Å². The first kappa shape index (κ1) is 35.8. The second kappa shape index (κ2) is 16.6. The van der Waals surface area contributed by atoms with Crippen molar-refractivity contribution in [1.29, 1.82) is 0 Å². The molecule has 45 heavy (non-hydrogen) atoms. The van der Waals surface area contributed by atoms with Gasteiger partial charge in [-0.2, -0.15) is 13.2 Å². The number of alkyl halides is 3. The molecule has 0 saturated heterocycles. The number of carbonyl (C=O) groups excluding carboxylic acids is 3. The quantitative estimate of drug-likeness (QED) is 0.422. The zero-order valence-corrected chi connectivity index (χ0v) is 26.2. The Balaban J connectivity index is 1.91. The minimum absolute atomic E-state index is 0.0995. The summed E-state index contributed by atoms with van der Waals surface area (Å²) in [6.45, 7) is 5.96. The van der Waals surface area contributed by atoms with Crippen LogP contribution in [0.3, 0.4) is 0 Å². The number of anilines is 1. The van der Waals surface area contributed by atoms with Gasteiger partial charge in [-0.3, -0.25) is 19.4 Å². The standard InChI is InChI=1S/C32H43F3N4O6/c1-21-18-39(22(2)20-40)31(43)26-17-25(37-29(41)10-13-32(33,34)35)8-9-27(26)45-23(3)7-5-6-16-44-28(21)19-38(4)30(42)24-11-14-36-15-12-24/h8-9,11-12,14-15,17,21-23,28,40H,5-7,10,13,16,18-20H2,1-4H3,(H,37,41)/t21-,22+,23+,28-/m0/s1. The van der Waals surface area contributed by atoms with Gasteiger partial charge in [-0.25, -0.2) is 0 Å².